The molecule has 0 aliphatic heterocycles. The predicted molar refractivity (Wildman–Crippen MR) is 49.4 cm³/mol. The van der Waals surface area contributed by atoms with Crippen LogP contribution in [0.4, 0.5) is 9.18 Å². The van der Waals surface area contributed by atoms with Gasteiger partial charge in [0.05, 0.1) is 0 Å². The molecule has 4 heteroatoms. The van der Waals surface area contributed by atoms with Crippen LogP contribution >= 0.6 is 0 Å². The molecule has 0 amide bonds. The van der Waals surface area contributed by atoms with Gasteiger partial charge in [0.15, 0.2) is 0 Å². The minimum atomic E-state index is -1.31. The molecule has 0 saturated heterocycles. The summed E-state index contributed by atoms with van der Waals surface area (Å²) in [6.45, 7) is -0.00723. The zero-order valence-electron chi connectivity index (χ0n) is 7.31. The van der Waals surface area contributed by atoms with E-state index in [1.54, 1.807) is 24.3 Å². The van der Waals surface area contributed by atoms with Crippen molar-refractivity contribution >= 4 is 12.2 Å². The van der Waals surface area contributed by atoms with Gasteiger partial charge < -0.3 is 9.84 Å². The molecular weight excluding hydrogens is 187 g/mol. The normalized spacial score (nSPS) is 10.4. The monoisotopic (exact) mass is 196 g/mol. The van der Waals surface area contributed by atoms with E-state index in [1.807, 2.05) is 0 Å². The Labute approximate surface area is 80.4 Å². The Bertz CT molecular complexity index is 330. The Hall–Kier alpha value is -1.84. The molecule has 0 aliphatic rings. The minimum absolute atomic E-state index is 0.00723. The lowest BCUT2D eigenvalue weighted by molar-refractivity contribution is 0.102. The molecule has 0 aromatic heterocycles. The second-order valence-corrected chi connectivity index (χ2v) is 2.53. The Morgan fingerprint density at radius 2 is 2.07 bits per heavy atom. The molecule has 1 N–H and O–H groups in total. The lowest BCUT2D eigenvalue weighted by atomic mass is 10.2. The van der Waals surface area contributed by atoms with E-state index in [9.17, 15) is 9.18 Å². The molecule has 74 valence electrons. The lowest BCUT2D eigenvalue weighted by Gasteiger charge is -1.94. The van der Waals surface area contributed by atoms with Gasteiger partial charge in [-0.2, -0.15) is 0 Å². The number of carbonyl (C=O) groups is 1. The SMILES string of the molecule is O=C(O)OCC=Cc1ccc(F)cc1. The smallest absolute Gasteiger partial charge is 0.450 e. The van der Waals surface area contributed by atoms with Crippen LogP contribution < -0.4 is 0 Å². The summed E-state index contributed by atoms with van der Waals surface area (Å²) >= 11 is 0. The first-order valence-corrected chi connectivity index (χ1v) is 3.96. The fourth-order valence-corrected chi connectivity index (χ4v) is 0.877. The summed E-state index contributed by atoms with van der Waals surface area (Å²) in [5, 5.41) is 8.14. The Morgan fingerprint density at radius 1 is 1.43 bits per heavy atom. The van der Waals surface area contributed by atoms with Crippen molar-refractivity contribution in [2.45, 2.75) is 0 Å². The third-order valence-corrected chi connectivity index (χ3v) is 1.48. The first-order chi connectivity index (χ1) is 6.68. The standard InChI is InChI=1S/C10H9FO3/c11-9-5-3-8(4-6-9)2-1-7-14-10(12)13/h1-6H,7H2,(H,12,13). The van der Waals surface area contributed by atoms with Gasteiger partial charge in [0.1, 0.15) is 12.4 Å². The van der Waals surface area contributed by atoms with E-state index in [4.69, 9.17) is 5.11 Å². The third kappa shape index (κ3) is 3.71. The molecule has 0 aliphatic carbocycles. The zero-order chi connectivity index (χ0) is 10.4. The fourth-order valence-electron chi connectivity index (χ4n) is 0.877. The van der Waals surface area contributed by atoms with Crippen LogP contribution in [0, 0.1) is 5.82 Å². The molecule has 1 rings (SSSR count). The largest absolute Gasteiger partial charge is 0.506 e. The Kier molecular flexibility index (Phi) is 3.67. The molecular formula is C10H9FO3. The number of hydrogen-bond donors (Lipinski definition) is 1. The number of ether oxygens (including phenoxy) is 1. The number of carboxylic acid groups (broad SMARTS) is 1. The molecule has 0 fully saturated rings. The molecule has 14 heavy (non-hydrogen) atoms. The number of halogens is 1. The highest BCUT2D eigenvalue weighted by Crippen LogP contribution is 2.04. The van der Waals surface area contributed by atoms with E-state index in [2.05, 4.69) is 4.74 Å². The highest BCUT2D eigenvalue weighted by atomic mass is 19.1. The summed E-state index contributed by atoms with van der Waals surface area (Å²) in [4.78, 5) is 9.95. The van der Waals surface area contributed by atoms with Crippen LogP contribution in [-0.4, -0.2) is 17.9 Å². The summed E-state index contributed by atoms with van der Waals surface area (Å²) in [6, 6.07) is 5.84. The maximum Gasteiger partial charge on any atom is 0.506 e. The number of rotatable bonds is 3. The van der Waals surface area contributed by atoms with Crippen molar-refractivity contribution in [1.29, 1.82) is 0 Å². The highest BCUT2D eigenvalue weighted by molar-refractivity contribution is 5.57. The van der Waals surface area contributed by atoms with Gasteiger partial charge in [0, 0.05) is 0 Å². The summed E-state index contributed by atoms with van der Waals surface area (Å²) in [5.74, 6) is -0.302. The Morgan fingerprint density at radius 3 is 2.64 bits per heavy atom. The molecule has 0 spiro atoms. The van der Waals surface area contributed by atoms with Gasteiger partial charge in [-0.1, -0.05) is 18.2 Å². The predicted octanol–water partition coefficient (Wildman–Crippen LogP) is 2.53. The molecule has 3 nitrogen and oxygen atoms in total. The van der Waals surface area contributed by atoms with E-state index >= 15 is 0 Å². The molecule has 0 unspecified atom stereocenters. The average molecular weight is 196 g/mol. The van der Waals surface area contributed by atoms with Crippen LogP contribution in [0.2, 0.25) is 0 Å². The first-order valence-electron chi connectivity index (χ1n) is 3.96. The quantitative estimate of drug-likeness (QED) is 0.755. The third-order valence-electron chi connectivity index (χ3n) is 1.48. The lowest BCUT2D eigenvalue weighted by Crippen LogP contribution is -1.98. The van der Waals surface area contributed by atoms with Crippen LogP contribution in [0.15, 0.2) is 30.3 Å². The molecule has 0 bridgehead atoms. The summed E-state index contributed by atoms with van der Waals surface area (Å²) in [6.07, 6.45) is 1.89. The minimum Gasteiger partial charge on any atom is -0.450 e. The zero-order valence-corrected chi connectivity index (χ0v) is 7.31. The molecule has 1 aromatic carbocycles. The second-order valence-electron chi connectivity index (χ2n) is 2.53. The van der Waals surface area contributed by atoms with Crippen molar-refractivity contribution in [2.24, 2.45) is 0 Å². The number of hydrogen-bond acceptors (Lipinski definition) is 2. The summed E-state index contributed by atoms with van der Waals surface area (Å²) < 4.78 is 16.7. The number of benzene rings is 1. The maximum atomic E-state index is 12.5. The van der Waals surface area contributed by atoms with Crippen LogP contribution in [-0.2, 0) is 4.74 Å². The van der Waals surface area contributed by atoms with E-state index < -0.39 is 6.16 Å². The van der Waals surface area contributed by atoms with Crippen molar-refractivity contribution in [1.82, 2.24) is 0 Å². The van der Waals surface area contributed by atoms with Crippen LogP contribution in [0.1, 0.15) is 5.56 Å². The van der Waals surface area contributed by atoms with Crippen molar-refractivity contribution in [3.63, 3.8) is 0 Å². The van der Waals surface area contributed by atoms with Crippen LogP contribution in [0.25, 0.3) is 6.08 Å². The van der Waals surface area contributed by atoms with Crippen molar-refractivity contribution < 1.29 is 19.0 Å². The van der Waals surface area contributed by atoms with Gasteiger partial charge in [-0.3, -0.25) is 0 Å². The van der Waals surface area contributed by atoms with Gasteiger partial charge in [-0.15, -0.1) is 0 Å². The second kappa shape index (κ2) is 5.01. The van der Waals surface area contributed by atoms with Crippen LogP contribution in [0.3, 0.4) is 0 Å². The molecule has 0 heterocycles. The molecule has 0 radical (unpaired) electrons. The van der Waals surface area contributed by atoms with E-state index in [0.29, 0.717) is 0 Å². The van der Waals surface area contributed by atoms with E-state index in [0.717, 1.165) is 5.56 Å². The average Bonchev–Trinajstić information content (AvgIpc) is 2.15. The van der Waals surface area contributed by atoms with Gasteiger partial charge in [0.25, 0.3) is 0 Å². The van der Waals surface area contributed by atoms with E-state index in [-0.39, 0.29) is 12.4 Å². The van der Waals surface area contributed by atoms with Gasteiger partial charge in [0.2, 0.25) is 0 Å². The van der Waals surface area contributed by atoms with Gasteiger partial charge in [-0.05, 0) is 23.8 Å². The van der Waals surface area contributed by atoms with Crippen molar-refractivity contribution in [3.05, 3.63) is 41.7 Å². The maximum absolute atomic E-state index is 12.5. The summed E-state index contributed by atoms with van der Waals surface area (Å²) in [7, 11) is 0. The van der Waals surface area contributed by atoms with Crippen molar-refractivity contribution in [2.75, 3.05) is 6.61 Å². The Balaban J connectivity index is 2.44. The van der Waals surface area contributed by atoms with Crippen molar-refractivity contribution in [3.8, 4) is 0 Å². The molecule has 0 saturated carbocycles. The first kappa shape index (κ1) is 10.2. The molecule has 0 atom stereocenters. The van der Waals surface area contributed by atoms with Crippen LogP contribution in [0.5, 0.6) is 0 Å². The highest BCUT2D eigenvalue weighted by Gasteiger charge is 1.91. The summed E-state index contributed by atoms with van der Waals surface area (Å²) in [5.41, 5.74) is 0.792. The molecule has 1 aromatic rings. The van der Waals surface area contributed by atoms with E-state index in [1.165, 1.54) is 12.1 Å². The topological polar surface area (TPSA) is 46.5 Å². The van der Waals surface area contributed by atoms with Gasteiger partial charge in [-0.25, -0.2) is 9.18 Å². The fraction of sp³-hybridized carbons (Fsp3) is 0.100. The van der Waals surface area contributed by atoms with Gasteiger partial charge >= 0.3 is 6.16 Å².